The van der Waals surface area contributed by atoms with Gasteiger partial charge in [0.15, 0.2) is 0 Å². The van der Waals surface area contributed by atoms with Gasteiger partial charge in [0.25, 0.3) is 0 Å². The number of nitrogens with zero attached hydrogens (tertiary/aromatic N) is 2. The maximum atomic E-state index is 5.61. The van der Waals surface area contributed by atoms with E-state index >= 15 is 0 Å². The Morgan fingerprint density at radius 3 is 2.63 bits per heavy atom. The van der Waals surface area contributed by atoms with Crippen molar-refractivity contribution in [1.82, 2.24) is 10.2 Å². The Kier molecular flexibility index (Phi) is 3.64. The molecule has 0 radical (unpaired) electrons. The Morgan fingerprint density at radius 2 is 2.05 bits per heavy atom. The normalized spacial score (nSPS) is 10.5. The van der Waals surface area contributed by atoms with Crippen molar-refractivity contribution in [2.45, 2.75) is 20.4 Å². The molecule has 2 rings (SSSR count). The topological polar surface area (TPSA) is 67.2 Å². The first-order valence-electron chi connectivity index (χ1n) is 6.17. The Labute approximate surface area is 113 Å². The van der Waals surface area contributed by atoms with Crippen LogP contribution in [0.15, 0.2) is 18.2 Å². The first-order chi connectivity index (χ1) is 9.01. The van der Waals surface area contributed by atoms with Crippen LogP contribution in [0.4, 0.5) is 11.5 Å². The van der Waals surface area contributed by atoms with Crippen LogP contribution in [0.2, 0.25) is 0 Å². The standard InChI is InChI=1S/C14H20N4O/c1-9-5-10(2)14(12(6-9)19-4)18(3)8-11-7-13(15)17-16-11/h5-7H,8H2,1-4H3,(H3,15,16,17). The average Bonchev–Trinajstić information content (AvgIpc) is 2.73. The van der Waals surface area contributed by atoms with Gasteiger partial charge in [0.2, 0.25) is 0 Å². The molecule has 0 atom stereocenters. The van der Waals surface area contributed by atoms with E-state index in [1.165, 1.54) is 11.1 Å². The molecule has 5 nitrogen and oxygen atoms in total. The molecule has 0 amide bonds. The van der Waals surface area contributed by atoms with Gasteiger partial charge in [0, 0.05) is 13.1 Å². The van der Waals surface area contributed by atoms with E-state index in [0.29, 0.717) is 12.4 Å². The molecule has 0 bridgehead atoms. The molecule has 19 heavy (non-hydrogen) atoms. The van der Waals surface area contributed by atoms with E-state index in [-0.39, 0.29) is 0 Å². The number of H-pyrrole nitrogens is 1. The van der Waals surface area contributed by atoms with E-state index in [1.54, 1.807) is 7.11 Å². The number of aromatic nitrogens is 2. The van der Waals surface area contributed by atoms with Crippen LogP contribution in [0.1, 0.15) is 16.8 Å². The van der Waals surface area contributed by atoms with Gasteiger partial charge in [-0.3, -0.25) is 5.10 Å². The van der Waals surface area contributed by atoms with E-state index in [4.69, 9.17) is 10.5 Å². The molecule has 3 N–H and O–H groups in total. The van der Waals surface area contributed by atoms with Crippen LogP contribution in [-0.2, 0) is 6.54 Å². The third-order valence-electron chi connectivity index (χ3n) is 3.07. The minimum Gasteiger partial charge on any atom is -0.495 e. The highest BCUT2D eigenvalue weighted by atomic mass is 16.5. The summed E-state index contributed by atoms with van der Waals surface area (Å²) in [4.78, 5) is 2.13. The quantitative estimate of drug-likeness (QED) is 0.884. The summed E-state index contributed by atoms with van der Waals surface area (Å²) in [6.07, 6.45) is 0. The van der Waals surface area contributed by atoms with E-state index in [2.05, 4.69) is 35.0 Å². The maximum Gasteiger partial charge on any atom is 0.145 e. The Bertz CT molecular complexity index is 577. The lowest BCUT2D eigenvalue weighted by Crippen LogP contribution is -2.18. The fourth-order valence-corrected chi connectivity index (χ4v) is 2.36. The van der Waals surface area contributed by atoms with E-state index in [9.17, 15) is 0 Å². The summed E-state index contributed by atoms with van der Waals surface area (Å²) in [5, 5.41) is 6.85. The number of aryl methyl sites for hydroxylation is 2. The van der Waals surface area contributed by atoms with Gasteiger partial charge < -0.3 is 15.4 Å². The third-order valence-corrected chi connectivity index (χ3v) is 3.07. The fraction of sp³-hybridized carbons (Fsp3) is 0.357. The molecule has 0 fully saturated rings. The molecule has 0 aliphatic rings. The number of hydrogen-bond donors (Lipinski definition) is 2. The Balaban J connectivity index is 2.30. The Hall–Kier alpha value is -2.17. The summed E-state index contributed by atoms with van der Waals surface area (Å²) in [6, 6.07) is 6.03. The van der Waals surface area contributed by atoms with Crippen LogP contribution in [-0.4, -0.2) is 24.4 Å². The molecule has 0 spiro atoms. The molecule has 0 unspecified atom stereocenters. The predicted octanol–water partition coefficient (Wildman–Crippen LogP) is 2.25. The molecular weight excluding hydrogens is 240 g/mol. The van der Waals surface area contributed by atoms with Crippen LogP contribution >= 0.6 is 0 Å². The van der Waals surface area contributed by atoms with Crippen molar-refractivity contribution in [3.8, 4) is 5.75 Å². The van der Waals surface area contributed by atoms with Gasteiger partial charge in [-0.25, -0.2) is 0 Å². The number of nitrogens with one attached hydrogen (secondary N) is 1. The zero-order valence-corrected chi connectivity index (χ0v) is 11.8. The second-order valence-corrected chi connectivity index (χ2v) is 4.81. The van der Waals surface area contributed by atoms with E-state index in [0.717, 1.165) is 17.1 Å². The highest BCUT2D eigenvalue weighted by molar-refractivity contribution is 5.64. The minimum absolute atomic E-state index is 0.510. The molecule has 5 heteroatoms. The van der Waals surface area contributed by atoms with Gasteiger partial charge in [-0.05, 0) is 31.0 Å². The number of nitrogens with two attached hydrogens (primary N) is 1. The molecular formula is C14H20N4O. The van der Waals surface area contributed by atoms with E-state index < -0.39 is 0 Å². The Morgan fingerprint density at radius 1 is 1.32 bits per heavy atom. The predicted molar refractivity (Wildman–Crippen MR) is 77.6 cm³/mol. The van der Waals surface area contributed by atoms with Crippen molar-refractivity contribution >= 4 is 11.5 Å². The molecule has 1 heterocycles. The first kappa shape index (κ1) is 13.3. The molecule has 0 aliphatic carbocycles. The van der Waals surface area contributed by atoms with Gasteiger partial charge in [-0.15, -0.1) is 0 Å². The fourth-order valence-electron chi connectivity index (χ4n) is 2.36. The second-order valence-electron chi connectivity index (χ2n) is 4.81. The summed E-state index contributed by atoms with van der Waals surface area (Å²) < 4.78 is 5.48. The SMILES string of the molecule is COc1cc(C)cc(C)c1N(C)Cc1cc(N)n[nH]1. The summed E-state index contributed by atoms with van der Waals surface area (Å²) in [6.45, 7) is 4.85. The average molecular weight is 260 g/mol. The lowest BCUT2D eigenvalue weighted by atomic mass is 10.1. The molecule has 0 saturated heterocycles. The molecule has 102 valence electrons. The summed E-state index contributed by atoms with van der Waals surface area (Å²) in [5.41, 5.74) is 10.1. The number of aromatic amines is 1. The van der Waals surface area contributed by atoms with Crippen LogP contribution in [0, 0.1) is 13.8 Å². The van der Waals surface area contributed by atoms with Gasteiger partial charge in [-0.2, -0.15) is 5.10 Å². The van der Waals surface area contributed by atoms with Crippen molar-refractivity contribution in [1.29, 1.82) is 0 Å². The number of anilines is 2. The van der Waals surface area contributed by atoms with Crippen LogP contribution in [0.5, 0.6) is 5.75 Å². The van der Waals surface area contributed by atoms with Crippen molar-refractivity contribution in [2.24, 2.45) is 0 Å². The largest absolute Gasteiger partial charge is 0.495 e. The monoisotopic (exact) mass is 260 g/mol. The van der Waals surface area contributed by atoms with Gasteiger partial charge >= 0.3 is 0 Å². The zero-order chi connectivity index (χ0) is 14.0. The lowest BCUT2D eigenvalue weighted by Gasteiger charge is -2.23. The number of nitrogen functional groups attached to an aromatic ring is 1. The summed E-state index contributed by atoms with van der Waals surface area (Å²) in [7, 11) is 3.72. The second kappa shape index (κ2) is 5.22. The minimum atomic E-state index is 0.510. The van der Waals surface area contributed by atoms with Crippen LogP contribution in [0.3, 0.4) is 0 Å². The number of methoxy groups -OCH3 is 1. The summed E-state index contributed by atoms with van der Waals surface area (Å²) in [5.74, 6) is 1.39. The maximum absolute atomic E-state index is 5.61. The molecule has 1 aromatic heterocycles. The third kappa shape index (κ3) is 2.81. The van der Waals surface area contributed by atoms with Crippen LogP contribution < -0.4 is 15.4 Å². The lowest BCUT2D eigenvalue weighted by molar-refractivity contribution is 0.414. The number of hydrogen-bond acceptors (Lipinski definition) is 4. The molecule has 1 aromatic carbocycles. The first-order valence-corrected chi connectivity index (χ1v) is 6.17. The highest BCUT2D eigenvalue weighted by Crippen LogP contribution is 2.33. The highest BCUT2D eigenvalue weighted by Gasteiger charge is 2.13. The smallest absolute Gasteiger partial charge is 0.145 e. The van der Waals surface area contributed by atoms with Gasteiger partial charge in [-0.1, -0.05) is 6.07 Å². The van der Waals surface area contributed by atoms with Crippen molar-refractivity contribution in [2.75, 3.05) is 24.8 Å². The van der Waals surface area contributed by atoms with Gasteiger partial charge in [0.05, 0.1) is 25.0 Å². The van der Waals surface area contributed by atoms with Crippen LogP contribution in [0.25, 0.3) is 0 Å². The number of ether oxygens (including phenoxy) is 1. The van der Waals surface area contributed by atoms with Crippen molar-refractivity contribution in [3.63, 3.8) is 0 Å². The van der Waals surface area contributed by atoms with Gasteiger partial charge in [0.1, 0.15) is 11.6 Å². The van der Waals surface area contributed by atoms with E-state index in [1.807, 2.05) is 19.2 Å². The van der Waals surface area contributed by atoms with Crippen molar-refractivity contribution in [3.05, 3.63) is 35.0 Å². The molecule has 0 saturated carbocycles. The number of rotatable bonds is 4. The summed E-state index contributed by atoms with van der Waals surface area (Å²) >= 11 is 0. The molecule has 0 aliphatic heterocycles. The van der Waals surface area contributed by atoms with Crippen molar-refractivity contribution < 1.29 is 4.74 Å². The number of benzene rings is 1. The molecule has 2 aromatic rings. The zero-order valence-electron chi connectivity index (χ0n) is 11.8.